The molecule has 0 aliphatic heterocycles. The van der Waals surface area contributed by atoms with Crippen LogP contribution in [0.5, 0.6) is 0 Å². The molecule has 1 aliphatic rings. The lowest BCUT2D eigenvalue weighted by molar-refractivity contribution is 0.243. The van der Waals surface area contributed by atoms with E-state index in [9.17, 15) is 4.39 Å². The Morgan fingerprint density at radius 1 is 1.11 bits per heavy atom. The number of hydrogen-bond acceptors (Lipinski definition) is 5. The van der Waals surface area contributed by atoms with Gasteiger partial charge in [-0.15, -0.1) is 10.2 Å². The first kappa shape index (κ1) is 16.8. The van der Waals surface area contributed by atoms with E-state index >= 15 is 0 Å². The number of benzene rings is 1. The van der Waals surface area contributed by atoms with Crippen LogP contribution in [0.15, 0.2) is 54.9 Å². The van der Waals surface area contributed by atoms with Gasteiger partial charge in [0.05, 0.1) is 23.1 Å². The zero-order valence-electron chi connectivity index (χ0n) is 15.2. The SMILES string of the molecule is Fc1cccnc1C1(CNc2ccc(-c3ccc4cn[nH]c4c3)nn2)CCC1. The van der Waals surface area contributed by atoms with E-state index in [2.05, 4.69) is 30.7 Å². The summed E-state index contributed by atoms with van der Waals surface area (Å²) >= 11 is 0. The van der Waals surface area contributed by atoms with Crippen LogP contribution in [0.1, 0.15) is 25.0 Å². The molecule has 0 atom stereocenters. The molecule has 28 heavy (non-hydrogen) atoms. The third kappa shape index (κ3) is 2.89. The fourth-order valence-electron chi connectivity index (χ4n) is 3.81. The van der Waals surface area contributed by atoms with E-state index in [1.807, 2.05) is 30.3 Å². The number of H-pyrrole nitrogens is 1. The number of fused-ring (bicyclic) bond motifs is 1. The summed E-state index contributed by atoms with van der Waals surface area (Å²) in [7, 11) is 0. The van der Waals surface area contributed by atoms with Crippen molar-refractivity contribution in [1.82, 2.24) is 25.4 Å². The molecule has 1 fully saturated rings. The molecule has 0 radical (unpaired) electrons. The molecule has 1 saturated carbocycles. The highest BCUT2D eigenvalue weighted by Crippen LogP contribution is 2.43. The van der Waals surface area contributed by atoms with E-state index in [0.717, 1.165) is 41.4 Å². The number of hydrogen-bond donors (Lipinski definition) is 2. The maximum atomic E-state index is 14.2. The number of pyridine rings is 1. The highest BCUT2D eigenvalue weighted by molar-refractivity contribution is 5.83. The normalized spacial score (nSPS) is 15.3. The van der Waals surface area contributed by atoms with E-state index in [1.54, 1.807) is 18.5 Å². The Bertz CT molecular complexity index is 1120. The van der Waals surface area contributed by atoms with Gasteiger partial charge in [0.2, 0.25) is 0 Å². The van der Waals surface area contributed by atoms with Gasteiger partial charge in [-0.25, -0.2) is 4.39 Å². The van der Waals surface area contributed by atoms with Gasteiger partial charge in [0, 0.05) is 29.1 Å². The molecule has 3 heterocycles. The zero-order valence-corrected chi connectivity index (χ0v) is 15.2. The average molecular weight is 374 g/mol. The number of nitrogens with one attached hydrogen (secondary N) is 2. The van der Waals surface area contributed by atoms with Gasteiger partial charge in [0.25, 0.3) is 0 Å². The molecule has 1 aromatic carbocycles. The van der Waals surface area contributed by atoms with Crippen LogP contribution in [0.25, 0.3) is 22.2 Å². The molecular formula is C21H19FN6. The molecule has 6 nitrogen and oxygen atoms in total. The van der Waals surface area contributed by atoms with Gasteiger partial charge < -0.3 is 5.32 Å². The first-order valence-corrected chi connectivity index (χ1v) is 9.36. The number of aromatic nitrogens is 5. The first-order valence-electron chi connectivity index (χ1n) is 9.36. The Hall–Kier alpha value is -3.35. The van der Waals surface area contributed by atoms with Crippen molar-refractivity contribution in [1.29, 1.82) is 0 Å². The monoisotopic (exact) mass is 374 g/mol. The summed E-state index contributed by atoms with van der Waals surface area (Å²) in [6, 6.07) is 13.0. The van der Waals surface area contributed by atoms with Crippen molar-refractivity contribution >= 4 is 16.7 Å². The highest BCUT2D eigenvalue weighted by atomic mass is 19.1. The lowest BCUT2D eigenvalue weighted by Crippen LogP contribution is -2.42. The van der Waals surface area contributed by atoms with E-state index < -0.39 is 0 Å². The van der Waals surface area contributed by atoms with Crippen molar-refractivity contribution in [3.63, 3.8) is 0 Å². The summed E-state index contributed by atoms with van der Waals surface area (Å²) in [6.45, 7) is 0.592. The predicted molar refractivity (Wildman–Crippen MR) is 105 cm³/mol. The second kappa shape index (κ2) is 6.67. The van der Waals surface area contributed by atoms with Crippen molar-refractivity contribution in [2.75, 3.05) is 11.9 Å². The number of anilines is 1. The Balaban J connectivity index is 1.33. The molecule has 7 heteroatoms. The van der Waals surface area contributed by atoms with Gasteiger partial charge in [0.15, 0.2) is 0 Å². The van der Waals surface area contributed by atoms with Crippen LogP contribution in [0.3, 0.4) is 0 Å². The van der Waals surface area contributed by atoms with Crippen LogP contribution in [0.4, 0.5) is 10.2 Å². The van der Waals surface area contributed by atoms with Crippen LogP contribution >= 0.6 is 0 Å². The van der Waals surface area contributed by atoms with Crippen LogP contribution in [-0.4, -0.2) is 31.9 Å². The molecule has 0 bridgehead atoms. The summed E-state index contributed by atoms with van der Waals surface area (Å²) in [5, 5.41) is 20.0. The van der Waals surface area contributed by atoms with Crippen molar-refractivity contribution in [3.05, 3.63) is 66.4 Å². The van der Waals surface area contributed by atoms with Gasteiger partial charge in [-0.3, -0.25) is 10.1 Å². The Kier molecular flexibility index (Phi) is 4.00. The van der Waals surface area contributed by atoms with E-state index in [4.69, 9.17) is 0 Å². The fraction of sp³-hybridized carbons (Fsp3) is 0.238. The Labute approximate surface area is 161 Å². The average Bonchev–Trinajstić information content (AvgIpc) is 3.17. The van der Waals surface area contributed by atoms with Gasteiger partial charge in [-0.05, 0) is 43.2 Å². The van der Waals surface area contributed by atoms with Gasteiger partial charge in [-0.2, -0.15) is 5.10 Å². The van der Waals surface area contributed by atoms with Crippen molar-refractivity contribution in [2.24, 2.45) is 0 Å². The molecule has 0 unspecified atom stereocenters. The third-order valence-electron chi connectivity index (χ3n) is 5.58. The van der Waals surface area contributed by atoms with E-state index in [-0.39, 0.29) is 11.2 Å². The van der Waals surface area contributed by atoms with Gasteiger partial charge in [0.1, 0.15) is 11.6 Å². The fourth-order valence-corrected chi connectivity index (χ4v) is 3.81. The maximum Gasteiger partial charge on any atom is 0.148 e. The topological polar surface area (TPSA) is 79.4 Å². The predicted octanol–water partition coefficient (Wildman–Crippen LogP) is 4.09. The standard InChI is InChI=1S/C21H19FN6/c22-16-3-1-10-23-20(16)21(8-2-9-21)13-24-19-7-6-17(27-28-19)14-4-5-15-12-25-26-18(15)11-14/h1,3-7,10-12H,2,8-9,13H2,(H,24,28)(H,25,26). The minimum atomic E-state index is -0.267. The molecule has 3 aromatic heterocycles. The molecule has 0 amide bonds. The quantitative estimate of drug-likeness (QED) is 0.550. The Morgan fingerprint density at radius 3 is 2.79 bits per heavy atom. The molecule has 0 saturated heterocycles. The lowest BCUT2D eigenvalue weighted by Gasteiger charge is -2.41. The van der Waals surface area contributed by atoms with E-state index in [1.165, 1.54) is 6.07 Å². The number of halogens is 1. The van der Waals surface area contributed by atoms with Gasteiger partial charge >= 0.3 is 0 Å². The Morgan fingerprint density at radius 2 is 2.04 bits per heavy atom. The van der Waals surface area contributed by atoms with Crippen molar-refractivity contribution < 1.29 is 4.39 Å². The molecule has 2 N–H and O–H groups in total. The second-order valence-corrected chi connectivity index (χ2v) is 7.30. The van der Waals surface area contributed by atoms with Crippen molar-refractivity contribution in [2.45, 2.75) is 24.7 Å². The number of rotatable bonds is 5. The highest BCUT2D eigenvalue weighted by Gasteiger charge is 2.41. The molecule has 5 rings (SSSR count). The lowest BCUT2D eigenvalue weighted by atomic mass is 9.66. The van der Waals surface area contributed by atoms with Gasteiger partial charge in [-0.1, -0.05) is 18.6 Å². The zero-order chi connectivity index (χ0) is 19.0. The van der Waals surface area contributed by atoms with Crippen LogP contribution in [-0.2, 0) is 5.41 Å². The smallest absolute Gasteiger partial charge is 0.148 e. The summed E-state index contributed by atoms with van der Waals surface area (Å²) in [5.41, 5.74) is 3.01. The molecule has 1 aliphatic carbocycles. The minimum Gasteiger partial charge on any atom is -0.368 e. The molecular weight excluding hydrogens is 355 g/mol. The van der Waals surface area contributed by atoms with E-state index in [0.29, 0.717) is 18.1 Å². The largest absolute Gasteiger partial charge is 0.368 e. The number of aromatic amines is 1. The third-order valence-corrected chi connectivity index (χ3v) is 5.58. The summed E-state index contributed by atoms with van der Waals surface area (Å²) in [4.78, 5) is 4.30. The minimum absolute atomic E-state index is 0.236. The second-order valence-electron chi connectivity index (χ2n) is 7.30. The summed E-state index contributed by atoms with van der Waals surface area (Å²) in [5.74, 6) is 0.439. The molecule has 0 spiro atoms. The summed E-state index contributed by atoms with van der Waals surface area (Å²) in [6.07, 6.45) is 6.37. The van der Waals surface area contributed by atoms with Crippen LogP contribution in [0, 0.1) is 5.82 Å². The maximum absolute atomic E-state index is 14.2. The summed E-state index contributed by atoms with van der Waals surface area (Å²) < 4.78 is 14.2. The first-order chi connectivity index (χ1) is 13.7. The molecule has 140 valence electrons. The van der Waals surface area contributed by atoms with Crippen LogP contribution < -0.4 is 5.32 Å². The van der Waals surface area contributed by atoms with Crippen molar-refractivity contribution in [3.8, 4) is 11.3 Å². The molecule has 4 aromatic rings. The van der Waals surface area contributed by atoms with Crippen LogP contribution in [0.2, 0.25) is 0 Å². The number of nitrogens with zero attached hydrogens (tertiary/aromatic N) is 4.